The summed E-state index contributed by atoms with van der Waals surface area (Å²) in [7, 11) is 0. The maximum Gasteiger partial charge on any atom is 0.430 e. The fourth-order valence-electron chi connectivity index (χ4n) is 1.98. The van der Waals surface area contributed by atoms with Crippen LogP contribution < -0.4 is 5.32 Å². The second-order valence-electron chi connectivity index (χ2n) is 4.74. The number of nitrogens with one attached hydrogen (secondary N) is 1. The summed E-state index contributed by atoms with van der Waals surface area (Å²) in [6.45, 7) is 1.71. The number of alkyl halides is 3. The van der Waals surface area contributed by atoms with Gasteiger partial charge in [-0.3, -0.25) is 0 Å². The van der Waals surface area contributed by atoms with Crippen molar-refractivity contribution in [3.05, 3.63) is 77.5 Å². The minimum atomic E-state index is -4.42. The second-order valence-corrected chi connectivity index (χ2v) is 4.74. The van der Waals surface area contributed by atoms with Crippen molar-refractivity contribution in [2.75, 3.05) is 0 Å². The van der Waals surface area contributed by atoms with Crippen LogP contribution in [0.5, 0.6) is 0 Å². The number of allylic oxidation sites excluding steroid dienone is 1. The number of halogens is 3. The Hall–Kier alpha value is -2.23. The first kappa shape index (κ1) is 15.2. The lowest BCUT2D eigenvalue weighted by Gasteiger charge is -2.20. The molecule has 1 atom stereocenters. The third-order valence-corrected chi connectivity index (χ3v) is 3.09. The summed E-state index contributed by atoms with van der Waals surface area (Å²) >= 11 is 0. The molecular formula is C17H16F3N. The summed E-state index contributed by atoms with van der Waals surface area (Å²) in [6.07, 6.45) is -3.29. The third-order valence-electron chi connectivity index (χ3n) is 3.09. The molecule has 0 saturated heterocycles. The SMILES string of the molecule is C[C@H](N/C(=C/c1ccccc1)C(F)(F)F)c1ccccc1. The van der Waals surface area contributed by atoms with Gasteiger partial charge in [-0.15, -0.1) is 0 Å². The first-order chi connectivity index (χ1) is 9.97. The van der Waals surface area contributed by atoms with Crippen LogP contribution in [0.1, 0.15) is 24.1 Å². The van der Waals surface area contributed by atoms with Gasteiger partial charge in [-0.25, -0.2) is 0 Å². The Morgan fingerprint density at radius 3 is 2.00 bits per heavy atom. The molecule has 0 aliphatic carbocycles. The van der Waals surface area contributed by atoms with E-state index in [1.165, 1.54) is 0 Å². The van der Waals surface area contributed by atoms with Gasteiger partial charge in [0.25, 0.3) is 0 Å². The molecule has 2 aromatic carbocycles. The van der Waals surface area contributed by atoms with E-state index < -0.39 is 17.9 Å². The molecule has 0 bridgehead atoms. The average molecular weight is 291 g/mol. The molecule has 0 aliphatic rings. The van der Waals surface area contributed by atoms with E-state index in [0.29, 0.717) is 5.56 Å². The smallest absolute Gasteiger partial charge is 0.375 e. The van der Waals surface area contributed by atoms with E-state index in [0.717, 1.165) is 11.6 Å². The lowest BCUT2D eigenvalue weighted by Crippen LogP contribution is -2.28. The van der Waals surface area contributed by atoms with Gasteiger partial charge < -0.3 is 5.32 Å². The summed E-state index contributed by atoms with van der Waals surface area (Å²) in [5.41, 5.74) is 0.573. The Bertz CT molecular complexity index is 588. The maximum absolute atomic E-state index is 13.2. The minimum absolute atomic E-state index is 0.428. The van der Waals surface area contributed by atoms with E-state index in [-0.39, 0.29) is 0 Å². The van der Waals surface area contributed by atoms with Gasteiger partial charge in [0.15, 0.2) is 0 Å². The Labute approximate surface area is 122 Å². The van der Waals surface area contributed by atoms with Crippen molar-refractivity contribution >= 4 is 6.08 Å². The number of benzene rings is 2. The van der Waals surface area contributed by atoms with Crippen LogP contribution in [-0.4, -0.2) is 6.18 Å². The maximum atomic E-state index is 13.2. The minimum Gasteiger partial charge on any atom is -0.375 e. The fourth-order valence-corrected chi connectivity index (χ4v) is 1.98. The molecule has 2 aromatic rings. The van der Waals surface area contributed by atoms with E-state index in [1.54, 1.807) is 49.4 Å². The van der Waals surface area contributed by atoms with E-state index >= 15 is 0 Å². The Morgan fingerprint density at radius 1 is 0.952 bits per heavy atom. The number of hydrogen-bond acceptors (Lipinski definition) is 1. The van der Waals surface area contributed by atoms with Crippen molar-refractivity contribution in [2.45, 2.75) is 19.1 Å². The molecule has 0 heterocycles. The van der Waals surface area contributed by atoms with Crippen molar-refractivity contribution in [3.63, 3.8) is 0 Å². The molecule has 2 rings (SSSR count). The Morgan fingerprint density at radius 2 is 1.48 bits per heavy atom. The van der Waals surface area contributed by atoms with E-state index in [4.69, 9.17) is 0 Å². The largest absolute Gasteiger partial charge is 0.430 e. The molecule has 4 heteroatoms. The molecule has 0 unspecified atom stereocenters. The quantitative estimate of drug-likeness (QED) is 0.841. The molecule has 0 saturated carbocycles. The van der Waals surface area contributed by atoms with Crippen molar-refractivity contribution in [3.8, 4) is 0 Å². The predicted octanol–water partition coefficient (Wildman–Crippen LogP) is 4.94. The fraction of sp³-hybridized carbons (Fsp3) is 0.176. The molecule has 0 aliphatic heterocycles. The highest BCUT2D eigenvalue weighted by molar-refractivity contribution is 5.53. The van der Waals surface area contributed by atoms with Crippen LogP contribution in [0, 0.1) is 0 Å². The highest BCUT2D eigenvalue weighted by Gasteiger charge is 2.34. The normalized spacial score (nSPS) is 13.8. The highest BCUT2D eigenvalue weighted by atomic mass is 19.4. The molecule has 110 valence electrons. The summed E-state index contributed by atoms with van der Waals surface area (Å²) in [4.78, 5) is 0. The number of hydrogen-bond donors (Lipinski definition) is 1. The van der Waals surface area contributed by atoms with E-state index in [1.807, 2.05) is 18.2 Å². The van der Waals surface area contributed by atoms with E-state index in [9.17, 15) is 13.2 Å². The number of rotatable bonds is 4. The summed E-state index contributed by atoms with van der Waals surface area (Å²) in [5, 5.41) is 2.56. The van der Waals surface area contributed by atoms with Crippen LogP contribution in [0.4, 0.5) is 13.2 Å². The highest BCUT2D eigenvalue weighted by Crippen LogP contribution is 2.28. The Balaban J connectivity index is 2.24. The Kier molecular flexibility index (Phi) is 4.68. The van der Waals surface area contributed by atoms with E-state index in [2.05, 4.69) is 5.32 Å². The van der Waals surface area contributed by atoms with Gasteiger partial charge in [0.1, 0.15) is 5.70 Å². The topological polar surface area (TPSA) is 12.0 Å². The van der Waals surface area contributed by atoms with Gasteiger partial charge >= 0.3 is 6.18 Å². The molecule has 0 radical (unpaired) electrons. The zero-order chi connectivity index (χ0) is 15.3. The van der Waals surface area contributed by atoms with Crippen molar-refractivity contribution in [2.24, 2.45) is 0 Å². The van der Waals surface area contributed by atoms with Crippen molar-refractivity contribution in [1.82, 2.24) is 5.32 Å². The molecule has 1 N–H and O–H groups in total. The van der Waals surface area contributed by atoms with Gasteiger partial charge in [-0.05, 0) is 24.1 Å². The zero-order valence-corrected chi connectivity index (χ0v) is 11.6. The van der Waals surface area contributed by atoms with Gasteiger partial charge in [0.05, 0.1) is 0 Å². The standard InChI is InChI=1S/C17H16F3N/c1-13(15-10-6-3-7-11-15)21-16(17(18,19)20)12-14-8-4-2-5-9-14/h2-13,21H,1H3/b16-12+/t13-/m0/s1. The first-order valence-corrected chi connectivity index (χ1v) is 6.62. The van der Waals surface area contributed by atoms with Crippen LogP contribution >= 0.6 is 0 Å². The van der Waals surface area contributed by atoms with Crippen LogP contribution in [0.3, 0.4) is 0 Å². The van der Waals surface area contributed by atoms with Crippen LogP contribution in [-0.2, 0) is 0 Å². The monoisotopic (exact) mass is 291 g/mol. The molecule has 0 fully saturated rings. The summed E-state index contributed by atoms with van der Waals surface area (Å²) in [6, 6.07) is 17.1. The van der Waals surface area contributed by atoms with Gasteiger partial charge in [-0.2, -0.15) is 13.2 Å². The van der Waals surface area contributed by atoms with Crippen LogP contribution in [0.15, 0.2) is 66.4 Å². The van der Waals surface area contributed by atoms with Gasteiger partial charge in [-0.1, -0.05) is 60.7 Å². The lowest BCUT2D eigenvalue weighted by molar-refractivity contribution is -0.0966. The summed E-state index contributed by atoms with van der Waals surface area (Å²) < 4.78 is 39.5. The second kappa shape index (κ2) is 6.48. The molecule has 0 spiro atoms. The average Bonchev–Trinajstić information content (AvgIpc) is 2.47. The lowest BCUT2D eigenvalue weighted by atomic mass is 10.1. The molecule has 21 heavy (non-hydrogen) atoms. The molecule has 1 nitrogen and oxygen atoms in total. The predicted molar refractivity (Wildman–Crippen MR) is 78.5 cm³/mol. The molecule has 0 amide bonds. The first-order valence-electron chi connectivity index (χ1n) is 6.62. The molecular weight excluding hydrogens is 275 g/mol. The zero-order valence-electron chi connectivity index (χ0n) is 11.6. The van der Waals surface area contributed by atoms with Crippen molar-refractivity contribution < 1.29 is 13.2 Å². The third kappa shape index (κ3) is 4.38. The van der Waals surface area contributed by atoms with Crippen LogP contribution in [0.2, 0.25) is 0 Å². The molecule has 0 aromatic heterocycles. The van der Waals surface area contributed by atoms with Gasteiger partial charge in [0, 0.05) is 6.04 Å². The van der Waals surface area contributed by atoms with Gasteiger partial charge in [0.2, 0.25) is 0 Å². The summed E-state index contributed by atoms with van der Waals surface area (Å²) in [5.74, 6) is 0. The van der Waals surface area contributed by atoms with Crippen LogP contribution in [0.25, 0.3) is 6.08 Å². The van der Waals surface area contributed by atoms with Crippen molar-refractivity contribution in [1.29, 1.82) is 0 Å².